The van der Waals surface area contributed by atoms with Crippen LogP contribution in [-0.4, -0.2) is 4.98 Å². The Kier molecular flexibility index (Phi) is 0.917. The quantitative estimate of drug-likeness (QED) is 0.591. The van der Waals surface area contributed by atoms with Crippen LogP contribution in [0.4, 0.5) is 6.01 Å². The molecule has 1 heterocycles. The average Bonchev–Trinajstić information content (AvgIpc) is 2.33. The first-order valence-electron chi connectivity index (χ1n) is 2.96. The summed E-state index contributed by atoms with van der Waals surface area (Å²) >= 11 is 0. The van der Waals surface area contributed by atoms with E-state index >= 15 is 0 Å². The highest BCUT2D eigenvalue weighted by atomic mass is 16.4. The largest absolute Gasteiger partial charge is 0.425 e. The van der Waals surface area contributed by atoms with Crippen molar-refractivity contribution in [3.63, 3.8) is 0 Å². The third kappa shape index (κ3) is 0.639. The highest BCUT2D eigenvalue weighted by Gasteiger charge is 2.03. The molecule has 1 aliphatic heterocycles. The molecule has 0 saturated heterocycles. The van der Waals surface area contributed by atoms with Crippen LogP contribution in [0.5, 0.6) is 0 Å². The molecule has 0 bridgehead atoms. The maximum absolute atomic E-state index is 5.31. The van der Waals surface area contributed by atoms with Gasteiger partial charge in [0.15, 0.2) is 0 Å². The summed E-state index contributed by atoms with van der Waals surface area (Å²) in [5, 5.41) is 0. The van der Waals surface area contributed by atoms with E-state index in [4.69, 9.17) is 10.2 Å². The molecule has 2 aliphatic rings. The van der Waals surface area contributed by atoms with Gasteiger partial charge in [-0.15, -0.1) is 0 Å². The van der Waals surface area contributed by atoms with Crippen LogP contribution in [0.15, 0.2) is 28.8 Å². The highest BCUT2D eigenvalue weighted by Crippen LogP contribution is 2.22. The van der Waals surface area contributed by atoms with E-state index in [1.54, 1.807) is 6.20 Å². The van der Waals surface area contributed by atoms with Crippen LogP contribution in [0.2, 0.25) is 0 Å². The summed E-state index contributed by atoms with van der Waals surface area (Å²) in [6.07, 6.45) is 1.69. The lowest BCUT2D eigenvalue weighted by molar-refractivity contribution is 0.568. The molecular weight excluding hydrogens is 128 g/mol. The third-order valence-corrected chi connectivity index (χ3v) is 1.35. The predicted molar refractivity (Wildman–Crippen MR) is 37.5 cm³/mol. The Morgan fingerprint density at radius 1 is 1.40 bits per heavy atom. The van der Waals surface area contributed by atoms with Gasteiger partial charge in [0.25, 0.3) is 6.01 Å². The fourth-order valence-corrected chi connectivity index (χ4v) is 0.889. The van der Waals surface area contributed by atoms with Crippen LogP contribution in [0.25, 0.3) is 11.3 Å². The highest BCUT2D eigenvalue weighted by molar-refractivity contribution is 5.59. The number of rotatable bonds is 0. The number of nitrogens with two attached hydrogens (primary N) is 1. The van der Waals surface area contributed by atoms with Crippen molar-refractivity contribution in [1.82, 2.24) is 4.98 Å². The number of hydrogen-bond acceptors (Lipinski definition) is 3. The van der Waals surface area contributed by atoms with Crippen molar-refractivity contribution in [2.24, 2.45) is 0 Å². The molecule has 0 atom stereocenters. The number of nitrogen functional groups attached to an aromatic ring is 1. The van der Waals surface area contributed by atoms with Gasteiger partial charge < -0.3 is 10.2 Å². The zero-order chi connectivity index (χ0) is 6.97. The van der Waals surface area contributed by atoms with E-state index in [-0.39, 0.29) is 6.01 Å². The summed E-state index contributed by atoms with van der Waals surface area (Å²) in [6.45, 7) is 0. The monoisotopic (exact) mass is 134 g/mol. The molecule has 0 fully saturated rings. The van der Waals surface area contributed by atoms with Gasteiger partial charge in [-0.1, -0.05) is 6.07 Å². The third-order valence-electron chi connectivity index (χ3n) is 1.35. The minimum Gasteiger partial charge on any atom is -0.425 e. The van der Waals surface area contributed by atoms with Crippen molar-refractivity contribution >= 4 is 6.01 Å². The molecule has 2 N–H and O–H groups in total. The summed E-state index contributed by atoms with van der Waals surface area (Å²) < 4.78 is 5.07. The molecule has 3 heteroatoms. The second-order valence-corrected chi connectivity index (χ2v) is 2.04. The molecule has 0 spiro atoms. The van der Waals surface area contributed by atoms with Crippen molar-refractivity contribution in [3.8, 4) is 11.3 Å². The Morgan fingerprint density at radius 3 is 3.20 bits per heavy atom. The van der Waals surface area contributed by atoms with E-state index in [1.165, 1.54) is 0 Å². The molecule has 0 amide bonds. The molecular formula is C7H6N2O. The van der Waals surface area contributed by atoms with E-state index in [0.29, 0.717) is 0 Å². The lowest BCUT2D eigenvalue weighted by Crippen LogP contribution is -1.89. The summed E-state index contributed by atoms with van der Waals surface area (Å²) in [6, 6.07) is 5.88. The maximum atomic E-state index is 5.31. The van der Waals surface area contributed by atoms with Gasteiger partial charge in [-0.3, -0.25) is 0 Å². The van der Waals surface area contributed by atoms with Crippen LogP contribution in [0.3, 0.4) is 0 Å². The molecule has 0 aromatic rings. The fourth-order valence-electron chi connectivity index (χ4n) is 0.889. The zero-order valence-corrected chi connectivity index (χ0v) is 5.24. The molecule has 0 aromatic heterocycles. The van der Waals surface area contributed by atoms with Gasteiger partial charge in [0.1, 0.15) is 5.76 Å². The second kappa shape index (κ2) is 1.73. The van der Waals surface area contributed by atoms with Crippen molar-refractivity contribution in [2.45, 2.75) is 0 Å². The summed E-state index contributed by atoms with van der Waals surface area (Å²) in [5.41, 5.74) is 6.29. The molecule has 0 saturated carbocycles. The Morgan fingerprint density at radius 2 is 2.30 bits per heavy atom. The van der Waals surface area contributed by atoms with Crippen LogP contribution in [0.1, 0.15) is 0 Å². The maximum Gasteiger partial charge on any atom is 0.292 e. The molecule has 2 rings (SSSR count). The van der Waals surface area contributed by atoms with Gasteiger partial charge in [-0.2, -0.15) is 0 Å². The Bertz CT molecular complexity index is 315. The van der Waals surface area contributed by atoms with Crippen molar-refractivity contribution in [1.29, 1.82) is 0 Å². The SMILES string of the molecule is Nc1ncc2cccc-2o1. The van der Waals surface area contributed by atoms with Gasteiger partial charge in [-0.25, -0.2) is 4.98 Å². The molecule has 0 aromatic carbocycles. The van der Waals surface area contributed by atoms with Gasteiger partial charge in [-0.05, 0) is 12.1 Å². The molecule has 1 aliphatic carbocycles. The standard InChI is InChI=1S/C7H6N2O/c8-7-9-4-5-2-1-3-6(5)10-7/h1-4H,(H2,8,9). The van der Waals surface area contributed by atoms with Gasteiger partial charge >= 0.3 is 0 Å². The first-order chi connectivity index (χ1) is 4.86. The first kappa shape index (κ1) is 5.29. The average molecular weight is 134 g/mol. The van der Waals surface area contributed by atoms with Crippen LogP contribution in [0, 0.1) is 0 Å². The predicted octanol–water partition coefficient (Wildman–Crippen LogP) is 1.36. The Balaban J connectivity index is 2.75. The Labute approximate surface area is 57.8 Å². The normalized spacial score (nSPS) is 10.4. The molecule has 50 valence electrons. The van der Waals surface area contributed by atoms with Crippen molar-refractivity contribution < 1.29 is 4.42 Å². The summed E-state index contributed by atoms with van der Waals surface area (Å²) in [4.78, 5) is 3.79. The van der Waals surface area contributed by atoms with E-state index in [2.05, 4.69) is 4.98 Å². The number of anilines is 1. The molecule has 0 unspecified atom stereocenters. The topological polar surface area (TPSA) is 52.0 Å². The van der Waals surface area contributed by atoms with E-state index in [1.807, 2.05) is 18.2 Å². The van der Waals surface area contributed by atoms with E-state index in [0.717, 1.165) is 11.3 Å². The molecule has 3 nitrogen and oxygen atoms in total. The number of aromatic nitrogens is 1. The first-order valence-corrected chi connectivity index (χ1v) is 2.96. The smallest absolute Gasteiger partial charge is 0.292 e. The molecule has 10 heavy (non-hydrogen) atoms. The van der Waals surface area contributed by atoms with Gasteiger partial charge in [0.05, 0.1) is 0 Å². The van der Waals surface area contributed by atoms with Gasteiger partial charge in [0.2, 0.25) is 0 Å². The van der Waals surface area contributed by atoms with Crippen LogP contribution in [-0.2, 0) is 0 Å². The van der Waals surface area contributed by atoms with Crippen LogP contribution < -0.4 is 5.73 Å². The fraction of sp³-hybridized carbons (Fsp3) is 0. The van der Waals surface area contributed by atoms with E-state index in [9.17, 15) is 0 Å². The van der Waals surface area contributed by atoms with Crippen LogP contribution >= 0.6 is 0 Å². The van der Waals surface area contributed by atoms with Gasteiger partial charge in [0, 0.05) is 11.8 Å². The second-order valence-electron chi connectivity index (χ2n) is 2.04. The number of nitrogens with zero attached hydrogens (tertiary/aromatic N) is 1. The minimum absolute atomic E-state index is 0.207. The van der Waals surface area contributed by atoms with Crippen molar-refractivity contribution in [2.75, 3.05) is 5.73 Å². The van der Waals surface area contributed by atoms with Crippen molar-refractivity contribution in [3.05, 3.63) is 24.4 Å². The summed E-state index contributed by atoms with van der Waals surface area (Å²) in [7, 11) is 0. The lowest BCUT2D eigenvalue weighted by Gasteiger charge is -1.96. The summed E-state index contributed by atoms with van der Waals surface area (Å²) in [5.74, 6) is 0.785. The molecule has 0 radical (unpaired) electrons. The number of fused-ring (bicyclic) bond motifs is 1. The number of hydrogen-bond donors (Lipinski definition) is 1. The van der Waals surface area contributed by atoms with E-state index < -0.39 is 0 Å². The lowest BCUT2D eigenvalue weighted by atomic mass is 10.3. The zero-order valence-electron chi connectivity index (χ0n) is 5.24. The Hall–Kier alpha value is -1.51. The minimum atomic E-state index is 0.207.